The number of amides is 2. The minimum atomic E-state index is -0.189. The highest BCUT2D eigenvalue weighted by Crippen LogP contribution is 2.34. The van der Waals surface area contributed by atoms with Crippen LogP contribution >= 0.6 is 35.1 Å². The van der Waals surface area contributed by atoms with Crippen molar-refractivity contribution in [2.75, 3.05) is 0 Å². The number of carbonyl (C=O) groups is 2. The number of nitrogens with zero attached hydrogens (tertiary/aromatic N) is 1. The Kier molecular flexibility index (Phi) is 3.42. The Bertz CT molecular complexity index is 448. The lowest BCUT2D eigenvalue weighted by Crippen LogP contribution is -2.20. The average molecular weight is 276 g/mol. The van der Waals surface area contributed by atoms with E-state index in [1.54, 1.807) is 18.2 Å². The van der Waals surface area contributed by atoms with Crippen molar-refractivity contribution in [1.29, 1.82) is 0 Å². The lowest BCUT2D eigenvalue weighted by atomic mass is 10.4. The molecule has 1 aromatic rings. The van der Waals surface area contributed by atoms with Crippen molar-refractivity contribution in [1.82, 2.24) is 4.31 Å². The Hall–Kier alpha value is -0.710. The van der Waals surface area contributed by atoms with Crippen LogP contribution in [0.15, 0.2) is 23.1 Å². The van der Waals surface area contributed by atoms with E-state index in [2.05, 4.69) is 0 Å². The summed E-state index contributed by atoms with van der Waals surface area (Å²) in [4.78, 5) is 23.4. The summed E-state index contributed by atoms with van der Waals surface area (Å²) < 4.78 is 1.14. The van der Waals surface area contributed by atoms with Gasteiger partial charge in [0, 0.05) is 22.8 Å². The largest absolute Gasteiger partial charge is 0.273 e. The Morgan fingerprint density at radius 1 is 1.12 bits per heavy atom. The second-order valence-electron chi connectivity index (χ2n) is 3.25. The van der Waals surface area contributed by atoms with Gasteiger partial charge >= 0.3 is 0 Å². The number of hydrogen-bond donors (Lipinski definition) is 0. The van der Waals surface area contributed by atoms with E-state index in [1.807, 2.05) is 0 Å². The molecule has 3 nitrogen and oxygen atoms in total. The third-order valence-corrected chi connectivity index (χ3v) is 3.89. The molecule has 1 aliphatic heterocycles. The van der Waals surface area contributed by atoms with E-state index in [-0.39, 0.29) is 24.7 Å². The molecule has 1 saturated heterocycles. The summed E-state index contributed by atoms with van der Waals surface area (Å²) in [5.74, 6) is -0.378. The summed E-state index contributed by atoms with van der Waals surface area (Å²) in [5.41, 5.74) is 0. The van der Waals surface area contributed by atoms with Gasteiger partial charge < -0.3 is 0 Å². The van der Waals surface area contributed by atoms with Crippen LogP contribution in [-0.2, 0) is 9.59 Å². The fraction of sp³-hybridized carbons (Fsp3) is 0.200. The Labute approximate surface area is 107 Å². The van der Waals surface area contributed by atoms with Crippen LogP contribution in [0.1, 0.15) is 12.8 Å². The summed E-state index contributed by atoms with van der Waals surface area (Å²) in [7, 11) is 0. The van der Waals surface area contributed by atoms with Gasteiger partial charge in [-0.25, -0.2) is 4.31 Å². The van der Waals surface area contributed by atoms with Crippen molar-refractivity contribution >= 4 is 47.0 Å². The molecule has 2 amide bonds. The van der Waals surface area contributed by atoms with Crippen LogP contribution in [-0.4, -0.2) is 16.1 Å². The molecule has 0 radical (unpaired) electrons. The van der Waals surface area contributed by atoms with Gasteiger partial charge in [-0.15, -0.1) is 0 Å². The van der Waals surface area contributed by atoms with Crippen molar-refractivity contribution in [3.8, 4) is 0 Å². The van der Waals surface area contributed by atoms with E-state index in [1.165, 1.54) is 0 Å². The molecule has 6 heteroatoms. The molecule has 0 saturated carbocycles. The van der Waals surface area contributed by atoms with E-state index in [4.69, 9.17) is 23.2 Å². The molecule has 1 aromatic carbocycles. The van der Waals surface area contributed by atoms with E-state index in [0.29, 0.717) is 14.9 Å². The van der Waals surface area contributed by atoms with Crippen LogP contribution in [0.4, 0.5) is 0 Å². The van der Waals surface area contributed by atoms with Crippen LogP contribution in [0.25, 0.3) is 0 Å². The molecule has 1 heterocycles. The van der Waals surface area contributed by atoms with E-state index in [0.717, 1.165) is 16.3 Å². The average Bonchev–Trinajstić information content (AvgIpc) is 2.55. The molecule has 0 atom stereocenters. The molecule has 84 valence electrons. The highest BCUT2D eigenvalue weighted by Gasteiger charge is 2.30. The van der Waals surface area contributed by atoms with Gasteiger partial charge in [0.2, 0.25) is 11.8 Å². The number of halogens is 2. The molecular formula is C10H7Cl2NO2S. The van der Waals surface area contributed by atoms with Crippen LogP contribution in [0.5, 0.6) is 0 Å². The summed E-state index contributed by atoms with van der Waals surface area (Å²) in [5, 5.41) is 0.993. The number of carbonyl (C=O) groups excluding carboxylic acids is 2. The lowest BCUT2D eigenvalue weighted by Gasteiger charge is -2.12. The van der Waals surface area contributed by atoms with Crippen LogP contribution in [0, 0.1) is 0 Å². The lowest BCUT2D eigenvalue weighted by molar-refractivity contribution is -0.131. The maximum absolute atomic E-state index is 11.4. The predicted molar refractivity (Wildman–Crippen MR) is 63.4 cm³/mol. The van der Waals surface area contributed by atoms with E-state index in [9.17, 15) is 9.59 Å². The van der Waals surface area contributed by atoms with Crippen molar-refractivity contribution in [3.05, 3.63) is 28.2 Å². The Morgan fingerprint density at radius 2 is 1.75 bits per heavy atom. The fourth-order valence-corrected chi connectivity index (χ4v) is 2.68. The zero-order valence-electron chi connectivity index (χ0n) is 8.07. The molecule has 0 unspecified atom stereocenters. The second kappa shape index (κ2) is 4.65. The summed E-state index contributed by atoms with van der Waals surface area (Å²) in [6, 6.07) is 4.92. The van der Waals surface area contributed by atoms with Crippen LogP contribution in [0.2, 0.25) is 10.0 Å². The first-order valence-electron chi connectivity index (χ1n) is 4.57. The molecule has 0 bridgehead atoms. The monoisotopic (exact) mass is 275 g/mol. The zero-order valence-corrected chi connectivity index (χ0v) is 10.4. The highest BCUT2D eigenvalue weighted by atomic mass is 35.5. The van der Waals surface area contributed by atoms with Gasteiger partial charge in [-0.05, 0) is 30.1 Å². The normalized spacial score (nSPS) is 16.0. The molecule has 1 aliphatic rings. The minimum absolute atomic E-state index is 0.189. The third kappa shape index (κ3) is 2.34. The summed E-state index contributed by atoms with van der Waals surface area (Å²) in [6.45, 7) is 0. The van der Waals surface area contributed by atoms with Gasteiger partial charge in [-0.3, -0.25) is 9.59 Å². The predicted octanol–water partition coefficient (Wildman–Crippen LogP) is 3.15. The third-order valence-electron chi connectivity index (χ3n) is 2.09. The zero-order chi connectivity index (χ0) is 11.7. The standard InChI is InChI=1S/C10H7Cl2NO2S/c11-6-1-2-7(12)8(5-6)16-13-9(14)3-4-10(13)15/h1-2,5H,3-4H2. The topological polar surface area (TPSA) is 37.4 Å². The Balaban J connectivity index is 2.23. The smallest absolute Gasteiger partial charge is 0.240 e. The summed E-state index contributed by atoms with van der Waals surface area (Å²) >= 11 is 12.8. The maximum Gasteiger partial charge on any atom is 0.240 e. The van der Waals surface area contributed by atoms with Gasteiger partial charge in [0.05, 0.1) is 5.02 Å². The van der Waals surface area contributed by atoms with E-state index < -0.39 is 0 Å². The SMILES string of the molecule is O=C1CCC(=O)N1Sc1cc(Cl)ccc1Cl. The molecule has 1 fully saturated rings. The van der Waals surface area contributed by atoms with Crippen molar-refractivity contribution in [3.63, 3.8) is 0 Å². The first kappa shape index (κ1) is 11.8. The number of imide groups is 1. The molecule has 0 aliphatic carbocycles. The molecular weight excluding hydrogens is 269 g/mol. The molecule has 2 rings (SSSR count). The quantitative estimate of drug-likeness (QED) is 0.615. The van der Waals surface area contributed by atoms with Crippen molar-refractivity contribution < 1.29 is 9.59 Å². The first-order valence-corrected chi connectivity index (χ1v) is 6.09. The molecule has 0 spiro atoms. The van der Waals surface area contributed by atoms with Crippen LogP contribution < -0.4 is 0 Å². The van der Waals surface area contributed by atoms with Crippen molar-refractivity contribution in [2.24, 2.45) is 0 Å². The highest BCUT2D eigenvalue weighted by molar-refractivity contribution is 7.98. The van der Waals surface area contributed by atoms with Gasteiger partial charge in [0.25, 0.3) is 0 Å². The van der Waals surface area contributed by atoms with Gasteiger partial charge in [-0.2, -0.15) is 0 Å². The minimum Gasteiger partial charge on any atom is -0.273 e. The Morgan fingerprint density at radius 3 is 2.38 bits per heavy atom. The number of hydrogen-bond acceptors (Lipinski definition) is 3. The van der Waals surface area contributed by atoms with Crippen molar-refractivity contribution in [2.45, 2.75) is 17.7 Å². The molecule has 0 aromatic heterocycles. The maximum atomic E-state index is 11.4. The fourth-order valence-electron chi connectivity index (χ4n) is 1.30. The van der Waals surface area contributed by atoms with Gasteiger partial charge in [-0.1, -0.05) is 23.2 Å². The number of rotatable bonds is 2. The van der Waals surface area contributed by atoms with Gasteiger partial charge in [0.15, 0.2) is 0 Å². The van der Waals surface area contributed by atoms with Crippen LogP contribution in [0.3, 0.4) is 0 Å². The van der Waals surface area contributed by atoms with Gasteiger partial charge in [0.1, 0.15) is 0 Å². The van der Waals surface area contributed by atoms with E-state index >= 15 is 0 Å². The summed E-state index contributed by atoms with van der Waals surface area (Å²) in [6.07, 6.45) is 0.536. The number of benzene rings is 1. The first-order chi connectivity index (χ1) is 7.58. The molecule has 16 heavy (non-hydrogen) atoms. The molecule has 0 N–H and O–H groups in total. The second-order valence-corrected chi connectivity index (χ2v) is 5.08.